The van der Waals surface area contributed by atoms with Gasteiger partial charge in [0, 0.05) is 31.9 Å². The van der Waals surface area contributed by atoms with Crippen molar-refractivity contribution in [3.8, 4) is 0 Å². The summed E-state index contributed by atoms with van der Waals surface area (Å²) in [4.78, 5) is 18.5. The number of anilines is 2. The van der Waals surface area contributed by atoms with Crippen LogP contribution in [0.1, 0.15) is 23.2 Å². The van der Waals surface area contributed by atoms with Gasteiger partial charge in [0.05, 0.1) is 11.3 Å². The number of piperidine rings is 1. The molecule has 136 valence electrons. The SMILES string of the molecule is C=CCNC(=O)c1ccc(N2CCC(Nc3ccccc3F)CC2)nc1. The lowest BCUT2D eigenvalue weighted by Crippen LogP contribution is -2.39. The number of pyridine rings is 1. The van der Waals surface area contributed by atoms with Crippen LogP contribution in [-0.2, 0) is 0 Å². The molecule has 2 heterocycles. The fourth-order valence-corrected chi connectivity index (χ4v) is 3.03. The molecule has 0 bridgehead atoms. The molecule has 6 heteroatoms. The molecular formula is C20H23FN4O. The second-order valence-corrected chi connectivity index (χ2v) is 6.29. The average molecular weight is 354 g/mol. The Morgan fingerprint density at radius 3 is 2.69 bits per heavy atom. The minimum absolute atomic E-state index is 0.156. The van der Waals surface area contributed by atoms with Gasteiger partial charge in [0.2, 0.25) is 0 Å². The molecule has 1 saturated heterocycles. The molecule has 1 amide bonds. The lowest BCUT2D eigenvalue weighted by atomic mass is 10.0. The smallest absolute Gasteiger partial charge is 0.253 e. The van der Waals surface area contributed by atoms with Crippen molar-refractivity contribution in [2.45, 2.75) is 18.9 Å². The lowest BCUT2D eigenvalue weighted by Gasteiger charge is -2.33. The summed E-state index contributed by atoms with van der Waals surface area (Å²) in [5, 5.41) is 6.01. The second-order valence-electron chi connectivity index (χ2n) is 6.29. The van der Waals surface area contributed by atoms with Gasteiger partial charge in [-0.2, -0.15) is 0 Å². The molecule has 1 aromatic heterocycles. The maximum Gasteiger partial charge on any atom is 0.253 e. The van der Waals surface area contributed by atoms with Gasteiger partial charge in [-0.3, -0.25) is 4.79 Å². The first-order chi connectivity index (χ1) is 12.7. The molecule has 1 aliphatic heterocycles. The molecule has 0 unspecified atom stereocenters. The van der Waals surface area contributed by atoms with Gasteiger partial charge in [0.15, 0.2) is 0 Å². The summed E-state index contributed by atoms with van der Waals surface area (Å²) < 4.78 is 13.7. The van der Waals surface area contributed by atoms with E-state index in [1.807, 2.05) is 12.1 Å². The van der Waals surface area contributed by atoms with Crippen molar-refractivity contribution in [1.82, 2.24) is 10.3 Å². The van der Waals surface area contributed by atoms with Gasteiger partial charge in [-0.15, -0.1) is 6.58 Å². The number of nitrogens with one attached hydrogen (secondary N) is 2. The largest absolute Gasteiger partial charge is 0.380 e. The molecule has 0 aliphatic carbocycles. The zero-order valence-electron chi connectivity index (χ0n) is 14.6. The second kappa shape index (κ2) is 8.47. The molecule has 1 fully saturated rings. The van der Waals surface area contributed by atoms with E-state index in [0.717, 1.165) is 31.7 Å². The Morgan fingerprint density at radius 2 is 2.04 bits per heavy atom. The Hall–Kier alpha value is -2.89. The Kier molecular flexibility index (Phi) is 5.84. The number of benzene rings is 1. The predicted octanol–water partition coefficient (Wildman–Crippen LogP) is 3.22. The maximum atomic E-state index is 13.7. The van der Waals surface area contributed by atoms with Gasteiger partial charge in [-0.1, -0.05) is 18.2 Å². The van der Waals surface area contributed by atoms with Crippen LogP contribution in [0.25, 0.3) is 0 Å². The van der Waals surface area contributed by atoms with Gasteiger partial charge in [0.1, 0.15) is 11.6 Å². The van der Waals surface area contributed by atoms with E-state index in [2.05, 4.69) is 27.1 Å². The van der Waals surface area contributed by atoms with Gasteiger partial charge in [-0.25, -0.2) is 9.37 Å². The highest BCUT2D eigenvalue weighted by Gasteiger charge is 2.21. The normalized spacial score (nSPS) is 14.7. The number of nitrogens with zero attached hydrogens (tertiary/aromatic N) is 2. The van der Waals surface area contributed by atoms with Crippen LogP contribution in [0.2, 0.25) is 0 Å². The van der Waals surface area contributed by atoms with Gasteiger partial charge in [-0.05, 0) is 37.1 Å². The molecule has 1 aliphatic rings. The zero-order chi connectivity index (χ0) is 18.4. The first kappa shape index (κ1) is 17.9. The van der Waals surface area contributed by atoms with Crippen LogP contribution in [0, 0.1) is 5.82 Å². The van der Waals surface area contributed by atoms with Crippen LogP contribution in [0.5, 0.6) is 0 Å². The molecule has 0 spiro atoms. The highest BCUT2D eigenvalue weighted by atomic mass is 19.1. The van der Waals surface area contributed by atoms with Crippen molar-refractivity contribution in [3.05, 3.63) is 66.6 Å². The summed E-state index contributed by atoms with van der Waals surface area (Å²) in [6.07, 6.45) is 5.03. The first-order valence-electron chi connectivity index (χ1n) is 8.78. The minimum Gasteiger partial charge on any atom is -0.380 e. The number of para-hydroxylation sites is 1. The first-order valence-corrected chi connectivity index (χ1v) is 8.78. The van der Waals surface area contributed by atoms with Crippen molar-refractivity contribution >= 4 is 17.4 Å². The molecule has 26 heavy (non-hydrogen) atoms. The number of halogens is 1. The minimum atomic E-state index is -0.220. The third kappa shape index (κ3) is 4.39. The number of hydrogen-bond donors (Lipinski definition) is 2. The summed E-state index contributed by atoms with van der Waals surface area (Å²) in [6, 6.07) is 10.6. The molecule has 5 nitrogen and oxygen atoms in total. The van der Waals surface area contributed by atoms with Crippen LogP contribution in [0.4, 0.5) is 15.9 Å². The lowest BCUT2D eigenvalue weighted by molar-refractivity contribution is 0.0957. The molecule has 2 aromatic rings. The van der Waals surface area contributed by atoms with E-state index in [9.17, 15) is 9.18 Å². The van der Waals surface area contributed by atoms with Crippen molar-refractivity contribution in [2.75, 3.05) is 29.9 Å². The van der Waals surface area contributed by atoms with E-state index in [1.54, 1.807) is 30.5 Å². The van der Waals surface area contributed by atoms with E-state index in [0.29, 0.717) is 17.8 Å². The highest BCUT2D eigenvalue weighted by molar-refractivity contribution is 5.94. The number of carbonyl (C=O) groups excluding carboxylic acids is 1. The maximum absolute atomic E-state index is 13.7. The fourth-order valence-electron chi connectivity index (χ4n) is 3.03. The summed E-state index contributed by atoms with van der Waals surface area (Å²) in [7, 11) is 0. The average Bonchev–Trinajstić information content (AvgIpc) is 2.68. The summed E-state index contributed by atoms with van der Waals surface area (Å²) in [5.74, 6) is 0.480. The molecule has 2 N–H and O–H groups in total. The highest BCUT2D eigenvalue weighted by Crippen LogP contribution is 2.22. The number of carbonyl (C=O) groups is 1. The standard InChI is InChI=1S/C20H23FN4O/c1-2-11-22-20(26)15-7-8-19(23-14-15)25-12-9-16(10-13-25)24-18-6-4-3-5-17(18)21/h2-8,14,16,24H,1,9-13H2,(H,22,26). The van der Waals surface area contributed by atoms with E-state index in [1.165, 1.54) is 6.07 Å². The van der Waals surface area contributed by atoms with Crippen molar-refractivity contribution in [2.24, 2.45) is 0 Å². The molecular weight excluding hydrogens is 331 g/mol. The quantitative estimate of drug-likeness (QED) is 0.782. The van der Waals surface area contributed by atoms with Crippen LogP contribution in [-0.4, -0.2) is 36.6 Å². The van der Waals surface area contributed by atoms with Crippen LogP contribution in [0.15, 0.2) is 55.3 Å². The van der Waals surface area contributed by atoms with Crippen molar-refractivity contribution < 1.29 is 9.18 Å². The van der Waals surface area contributed by atoms with Gasteiger partial charge >= 0.3 is 0 Å². The molecule has 0 atom stereocenters. The van der Waals surface area contributed by atoms with E-state index in [-0.39, 0.29) is 17.8 Å². The third-order valence-corrected chi connectivity index (χ3v) is 4.47. The Morgan fingerprint density at radius 1 is 1.27 bits per heavy atom. The Bertz CT molecular complexity index is 755. The van der Waals surface area contributed by atoms with Gasteiger partial charge < -0.3 is 15.5 Å². The number of aromatic nitrogens is 1. The number of rotatable bonds is 6. The summed E-state index contributed by atoms with van der Waals surface area (Å²) in [6.45, 7) is 5.68. The predicted molar refractivity (Wildman–Crippen MR) is 102 cm³/mol. The summed E-state index contributed by atoms with van der Waals surface area (Å²) >= 11 is 0. The molecule has 3 rings (SSSR count). The topological polar surface area (TPSA) is 57.3 Å². The van der Waals surface area contributed by atoms with Crippen LogP contribution in [0.3, 0.4) is 0 Å². The third-order valence-electron chi connectivity index (χ3n) is 4.47. The van der Waals surface area contributed by atoms with Crippen molar-refractivity contribution in [1.29, 1.82) is 0 Å². The summed E-state index contributed by atoms with van der Waals surface area (Å²) in [5.41, 5.74) is 1.09. The van der Waals surface area contributed by atoms with E-state index >= 15 is 0 Å². The Balaban J connectivity index is 1.54. The van der Waals surface area contributed by atoms with Crippen LogP contribution >= 0.6 is 0 Å². The van der Waals surface area contributed by atoms with Crippen molar-refractivity contribution in [3.63, 3.8) is 0 Å². The van der Waals surface area contributed by atoms with E-state index in [4.69, 9.17) is 0 Å². The monoisotopic (exact) mass is 354 g/mol. The number of hydrogen-bond acceptors (Lipinski definition) is 4. The fraction of sp³-hybridized carbons (Fsp3) is 0.300. The van der Waals surface area contributed by atoms with Crippen LogP contribution < -0.4 is 15.5 Å². The molecule has 0 saturated carbocycles. The molecule has 0 radical (unpaired) electrons. The number of amides is 1. The Labute approximate surface area is 152 Å². The zero-order valence-corrected chi connectivity index (χ0v) is 14.6. The molecule has 1 aromatic carbocycles. The van der Waals surface area contributed by atoms with Gasteiger partial charge in [0.25, 0.3) is 5.91 Å². The van der Waals surface area contributed by atoms with E-state index < -0.39 is 0 Å².